The molecule has 0 saturated carbocycles. The number of hydrogen-bond donors (Lipinski definition) is 2. The Kier molecular flexibility index (Phi) is 4.40. The van der Waals surface area contributed by atoms with E-state index in [1.54, 1.807) is 17.2 Å². The molecular formula is C16H19F3N4O. The van der Waals surface area contributed by atoms with E-state index in [2.05, 4.69) is 10.3 Å². The molecule has 1 unspecified atom stereocenters. The lowest BCUT2D eigenvalue weighted by molar-refractivity contribution is -0.181. The molecule has 2 aromatic rings. The first-order chi connectivity index (χ1) is 11.4. The van der Waals surface area contributed by atoms with Crippen LogP contribution < -0.4 is 5.32 Å². The molecule has 24 heavy (non-hydrogen) atoms. The number of nitrogens with zero attached hydrogens (tertiary/aromatic N) is 2. The summed E-state index contributed by atoms with van der Waals surface area (Å²) in [6.07, 6.45) is -2.45. The van der Waals surface area contributed by atoms with Gasteiger partial charge in [-0.05, 0) is 25.1 Å². The van der Waals surface area contributed by atoms with E-state index in [1.165, 1.54) is 4.90 Å². The number of aromatic nitrogens is 1. The highest BCUT2D eigenvalue weighted by Gasteiger charge is 2.41. The van der Waals surface area contributed by atoms with Crippen molar-refractivity contribution in [1.29, 1.82) is 0 Å². The molecule has 8 heteroatoms. The van der Waals surface area contributed by atoms with Crippen molar-refractivity contribution >= 4 is 22.6 Å². The van der Waals surface area contributed by atoms with Crippen LogP contribution in [0, 0.1) is 0 Å². The Morgan fingerprint density at radius 2 is 1.92 bits per heavy atom. The highest BCUT2D eigenvalue weighted by molar-refractivity contribution is 6.00. The van der Waals surface area contributed by atoms with Crippen LogP contribution in [0.3, 0.4) is 0 Å². The van der Waals surface area contributed by atoms with Crippen LogP contribution in [-0.4, -0.2) is 59.2 Å². The maximum Gasteiger partial charge on any atom is 0.403 e. The number of anilines is 1. The predicted molar refractivity (Wildman–Crippen MR) is 86.0 cm³/mol. The van der Waals surface area contributed by atoms with Gasteiger partial charge in [0.15, 0.2) is 0 Å². The van der Waals surface area contributed by atoms with E-state index in [0.29, 0.717) is 5.69 Å². The number of urea groups is 1. The fourth-order valence-corrected chi connectivity index (χ4v) is 2.91. The minimum absolute atomic E-state index is 0.211. The second kappa shape index (κ2) is 6.35. The molecule has 2 heterocycles. The van der Waals surface area contributed by atoms with E-state index in [4.69, 9.17) is 0 Å². The zero-order chi connectivity index (χ0) is 17.3. The molecule has 1 aliphatic rings. The Bertz CT molecular complexity index is 719. The van der Waals surface area contributed by atoms with E-state index in [9.17, 15) is 18.0 Å². The number of carbonyl (C=O) groups is 1. The molecule has 0 aliphatic carbocycles. The minimum Gasteiger partial charge on any atom is -0.361 e. The van der Waals surface area contributed by atoms with E-state index in [0.717, 1.165) is 17.8 Å². The van der Waals surface area contributed by atoms with Crippen molar-refractivity contribution in [3.05, 3.63) is 30.5 Å². The summed E-state index contributed by atoms with van der Waals surface area (Å²) in [7, 11) is 0. The van der Waals surface area contributed by atoms with Crippen LogP contribution >= 0.6 is 0 Å². The molecule has 0 bridgehead atoms. The monoisotopic (exact) mass is 340 g/mol. The van der Waals surface area contributed by atoms with Crippen molar-refractivity contribution in [2.75, 3.05) is 31.5 Å². The van der Waals surface area contributed by atoms with Crippen molar-refractivity contribution in [2.24, 2.45) is 0 Å². The summed E-state index contributed by atoms with van der Waals surface area (Å²) in [5.74, 6) is 0. The van der Waals surface area contributed by atoms with Gasteiger partial charge in [0.05, 0.1) is 5.69 Å². The van der Waals surface area contributed by atoms with Gasteiger partial charge in [0.25, 0.3) is 0 Å². The topological polar surface area (TPSA) is 51.4 Å². The molecule has 130 valence electrons. The lowest BCUT2D eigenvalue weighted by Crippen LogP contribution is -2.55. The number of hydrogen-bond acceptors (Lipinski definition) is 2. The van der Waals surface area contributed by atoms with Crippen molar-refractivity contribution < 1.29 is 18.0 Å². The molecule has 0 radical (unpaired) electrons. The van der Waals surface area contributed by atoms with Crippen LogP contribution in [0.2, 0.25) is 0 Å². The Morgan fingerprint density at radius 1 is 1.21 bits per heavy atom. The van der Waals surface area contributed by atoms with Gasteiger partial charge in [-0.3, -0.25) is 4.90 Å². The number of aromatic amines is 1. The predicted octanol–water partition coefficient (Wildman–Crippen LogP) is 3.27. The molecule has 5 nitrogen and oxygen atoms in total. The second-order valence-electron chi connectivity index (χ2n) is 5.92. The standard InChI is InChI=1S/C16H19F3N4O/c1-11(16(17,18)19)22-7-9-23(10-8-22)15(24)21-14-4-2-3-13-12(14)5-6-20-13/h2-6,11,20H,7-10H2,1H3,(H,21,24). The number of nitrogens with one attached hydrogen (secondary N) is 2. The molecule has 1 atom stereocenters. The molecule has 2 N–H and O–H groups in total. The van der Waals surface area contributed by atoms with Gasteiger partial charge in [0.2, 0.25) is 0 Å². The van der Waals surface area contributed by atoms with Gasteiger partial charge in [0.1, 0.15) is 6.04 Å². The number of alkyl halides is 3. The molecule has 1 saturated heterocycles. The Morgan fingerprint density at radius 3 is 2.58 bits per heavy atom. The molecule has 1 aromatic carbocycles. The van der Waals surface area contributed by atoms with Crippen molar-refractivity contribution in [1.82, 2.24) is 14.8 Å². The largest absolute Gasteiger partial charge is 0.403 e. The summed E-state index contributed by atoms with van der Waals surface area (Å²) in [6, 6.07) is 5.63. The quantitative estimate of drug-likeness (QED) is 0.882. The molecule has 1 aliphatic heterocycles. The van der Waals surface area contributed by atoms with Crippen LogP contribution in [0.4, 0.5) is 23.7 Å². The number of H-pyrrole nitrogens is 1. The highest BCUT2D eigenvalue weighted by Crippen LogP contribution is 2.26. The zero-order valence-electron chi connectivity index (χ0n) is 13.2. The lowest BCUT2D eigenvalue weighted by Gasteiger charge is -2.38. The highest BCUT2D eigenvalue weighted by atomic mass is 19.4. The summed E-state index contributed by atoms with van der Waals surface area (Å²) in [6.45, 7) is 2.12. The lowest BCUT2D eigenvalue weighted by atomic mass is 10.2. The summed E-state index contributed by atoms with van der Waals surface area (Å²) < 4.78 is 38.3. The number of amides is 2. The maximum atomic E-state index is 12.8. The number of piperazine rings is 1. The molecule has 1 aromatic heterocycles. The first-order valence-electron chi connectivity index (χ1n) is 7.79. The number of halogens is 3. The third-order valence-electron chi connectivity index (χ3n) is 4.46. The van der Waals surface area contributed by atoms with E-state index in [1.807, 2.05) is 18.2 Å². The summed E-state index contributed by atoms with van der Waals surface area (Å²) >= 11 is 0. The third kappa shape index (κ3) is 3.33. The Hall–Kier alpha value is -2.22. The average molecular weight is 340 g/mol. The number of fused-ring (bicyclic) bond motifs is 1. The fourth-order valence-electron chi connectivity index (χ4n) is 2.91. The van der Waals surface area contributed by atoms with Crippen molar-refractivity contribution in [3.63, 3.8) is 0 Å². The zero-order valence-corrected chi connectivity index (χ0v) is 13.2. The Labute approximate surface area is 137 Å². The van der Waals surface area contributed by atoms with Crippen LogP contribution in [0.5, 0.6) is 0 Å². The van der Waals surface area contributed by atoms with E-state index in [-0.39, 0.29) is 32.2 Å². The molecule has 0 spiro atoms. The third-order valence-corrected chi connectivity index (χ3v) is 4.46. The number of rotatable bonds is 2. The van der Waals surface area contributed by atoms with Gasteiger partial charge in [-0.2, -0.15) is 13.2 Å². The summed E-state index contributed by atoms with van der Waals surface area (Å²) in [5, 5.41) is 3.74. The van der Waals surface area contributed by atoms with Gasteiger partial charge < -0.3 is 15.2 Å². The number of carbonyl (C=O) groups excluding carboxylic acids is 1. The van der Waals surface area contributed by atoms with Gasteiger partial charge in [-0.25, -0.2) is 4.79 Å². The average Bonchev–Trinajstić information content (AvgIpc) is 3.03. The molecule has 1 fully saturated rings. The van der Waals surface area contributed by atoms with Crippen LogP contribution in [0.1, 0.15) is 6.92 Å². The molecule has 3 rings (SSSR count). The maximum absolute atomic E-state index is 12.8. The van der Waals surface area contributed by atoms with Crippen LogP contribution in [0.25, 0.3) is 10.9 Å². The van der Waals surface area contributed by atoms with Crippen LogP contribution in [-0.2, 0) is 0 Å². The van der Waals surface area contributed by atoms with E-state index < -0.39 is 12.2 Å². The van der Waals surface area contributed by atoms with Crippen molar-refractivity contribution in [3.8, 4) is 0 Å². The van der Waals surface area contributed by atoms with Gasteiger partial charge in [-0.15, -0.1) is 0 Å². The van der Waals surface area contributed by atoms with Gasteiger partial charge in [-0.1, -0.05) is 6.07 Å². The fraction of sp³-hybridized carbons (Fsp3) is 0.438. The van der Waals surface area contributed by atoms with Gasteiger partial charge >= 0.3 is 12.2 Å². The first-order valence-corrected chi connectivity index (χ1v) is 7.79. The molecule has 2 amide bonds. The van der Waals surface area contributed by atoms with Crippen molar-refractivity contribution in [2.45, 2.75) is 19.1 Å². The van der Waals surface area contributed by atoms with Gasteiger partial charge in [0, 0.05) is 43.3 Å². The SMILES string of the molecule is CC(N1CCN(C(=O)Nc2cccc3[nH]ccc23)CC1)C(F)(F)F. The minimum atomic E-state index is -4.24. The Balaban J connectivity index is 1.61. The second-order valence-corrected chi connectivity index (χ2v) is 5.92. The number of benzene rings is 1. The summed E-state index contributed by atoms with van der Waals surface area (Å²) in [5.41, 5.74) is 1.60. The smallest absolute Gasteiger partial charge is 0.361 e. The normalized spacial score (nSPS) is 17.9. The van der Waals surface area contributed by atoms with E-state index >= 15 is 0 Å². The molecular weight excluding hydrogens is 321 g/mol. The van der Waals surface area contributed by atoms with Crippen LogP contribution in [0.15, 0.2) is 30.5 Å². The first kappa shape index (κ1) is 16.6. The summed E-state index contributed by atoms with van der Waals surface area (Å²) in [4.78, 5) is 18.3.